The van der Waals surface area contributed by atoms with E-state index in [0.29, 0.717) is 44.6 Å². The van der Waals surface area contributed by atoms with E-state index in [2.05, 4.69) is 23.3 Å². The zero-order valence-electron chi connectivity index (χ0n) is 22.3. The molecule has 0 atom stereocenters. The number of hydrogen-bond donors (Lipinski definition) is 2. The summed E-state index contributed by atoms with van der Waals surface area (Å²) in [5, 5.41) is 37.8. The highest BCUT2D eigenvalue weighted by molar-refractivity contribution is 7.79. The van der Waals surface area contributed by atoms with Crippen molar-refractivity contribution in [3.63, 3.8) is 0 Å². The molecule has 0 fully saturated rings. The fourth-order valence-corrected chi connectivity index (χ4v) is 5.52. The Balaban J connectivity index is 1.57. The van der Waals surface area contributed by atoms with Crippen LogP contribution in [0.1, 0.15) is 33.4 Å². The van der Waals surface area contributed by atoms with Gasteiger partial charge in [0, 0.05) is 27.6 Å². The largest absolute Gasteiger partial charge is 0.298 e. The number of para-hydroxylation sites is 1. The number of nitriles is 3. The number of aromatic nitrogens is 1. The van der Waals surface area contributed by atoms with Crippen molar-refractivity contribution in [2.75, 3.05) is 0 Å². The maximum atomic E-state index is 15.1. The van der Waals surface area contributed by atoms with E-state index in [4.69, 9.17) is 4.98 Å². The Bertz CT molecular complexity index is 2230. The molecular formula is C34H15F3N6S. The standard InChI is InChI=1S/C34H15F3N6S/c35-29-24(15-39)30(36)27(31(37)25(29)16-40)19-10-8-18(9-11-19)22-13-23-28(32(41)34(22)43-44)21-6-1-2-7-26(21)42-33(23)20-5-3-4-17(12-20)14-38/h1-13,41,44H/b41-32?,43-34-. The normalized spacial score (nSPS) is 13.2. The summed E-state index contributed by atoms with van der Waals surface area (Å²) in [6, 6.07) is 25.0. The lowest BCUT2D eigenvalue weighted by atomic mass is 9.82. The van der Waals surface area contributed by atoms with Crippen LogP contribution >= 0.6 is 12.8 Å². The van der Waals surface area contributed by atoms with Crippen LogP contribution in [0.3, 0.4) is 0 Å². The fourth-order valence-electron chi connectivity index (χ4n) is 5.31. The third-order valence-corrected chi connectivity index (χ3v) is 7.55. The summed E-state index contributed by atoms with van der Waals surface area (Å²) in [6.07, 6.45) is 1.80. The van der Waals surface area contributed by atoms with Crippen LogP contribution in [0, 0.1) is 56.9 Å². The van der Waals surface area contributed by atoms with E-state index in [9.17, 15) is 25.6 Å². The fraction of sp³-hybridized carbons (Fsp3) is 0. The number of nitrogens with one attached hydrogen (secondary N) is 1. The highest BCUT2D eigenvalue weighted by Crippen LogP contribution is 2.39. The summed E-state index contributed by atoms with van der Waals surface area (Å²) in [5.74, 6) is -4.38. The van der Waals surface area contributed by atoms with Gasteiger partial charge in [-0.1, -0.05) is 54.6 Å². The first-order chi connectivity index (χ1) is 21.3. The topological polar surface area (TPSA) is 120 Å². The number of allylic oxidation sites excluding steroid dienone is 1. The van der Waals surface area contributed by atoms with Gasteiger partial charge < -0.3 is 0 Å². The molecule has 6 nitrogen and oxygen atoms in total. The summed E-state index contributed by atoms with van der Waals surface area (Å²) in [5.41, 5.74) is 1.89. The Morgan fingerprint density at radius 2 is 1.39 bits per heavy atom. The number of rotatable bonds is 3. The average Bonchev–Trinajstić information content (AvgIpc) is 3.05. The van der Waals surface area contributed by atoms with E-state index in [-0.39, 0.29) is 17.0 Å². The molecular weight excluding hydrogens is 581 g/mol. The molecule has 44 heavy (non-hydrogen) atoms. The van der Waals surface area contributed by atoms with E-state index >= 15 is 8.78 Å². The van der Waals surface area contributed by atoms with Gasteiger partial charge in [-0.2, -0.15) is 15.8 Å². The average molecular weight is 597 g/mol. The summed E-state index contributed by atoms with van der Waals surface area (Å²) >= 11 is 4.16. The molecule has 4 aromatic carbocycles. The first-order valence-corrected chi connectivity index (χ1v) is 13.3. The molecule has 0 bridgehead atoms. The van der Waals surface area contributed by atoms with E-state index in [1.54, 1.807) is 24.3 Å². The third kappa shape index (κ3) is 4.32. The van der Waals surface area contributed by atoms with Crippen molar-refractivity contribution in [2.24, 2.45) is 4.40 Å². The summed E-state index contributed by atoms with van der Waals surface area (Å²) in [6.45, 7) is 0. The quantitative estimate of drug-likeness (QED) is 0.206. The number of benzene rings is 4. The molecule has 0 amide bonds. The number of hydrogen-bond acceptors (Lipinski definition) is 7. The Hall–Kier alpha value is -6.02. The Morgan fingerprint density at radius 1 is 0.727 bits per heavy atom. The summed E-state index contributed by atoms with van der Waals surface area (Å²) in [7, 11) is 0. The van der Waals surface area contributed by atoms with Gasteiger partial charge >= 0.3 is 0 Å². The zero-order valence-corrected chi connectivity index (χ0v) is 23.2. The van der Waals surface area contributed by atoms with Crippen LogP contribution in [0.2, 0.25) is 0 Å². The minimum absolute atomic E-state index is 0.0327. The first kappa shape index (κ1) is 28.1. The molecule has 0 spiro atoms. The molecule has 208 valence electrons. The van der Waals surface area contributed by atoms with Crippen LogP contribution in [0.5, 0.6) is 0 Å². The lowest BCUT2D eigenvalue weighted by Gasteiger charge is -2.23. The van der Waals surface area contributed by atoms with E-state index in [1.165, 1.54) is 36.4 Å². The molecule has 10 heteroatoms. The van der Waals surface area contributed by atoms with Crippen LogP contribution in [-0.4, -0.2) is 16.4 Å². The maximum Gasteiger partial charge on any atom is 0.164 e. The third-order valence-electron chi connectivity index (χ3n) is 7.35. The molecule has 0 unspecified atom stereocenters. The number of thiol groups is 1. The lowest BCUT2D eigenvalue weighted by Crippen LogP contribution is -2.22. The predicted molar refractivity (Wildman–Crippen MR) is 164 cm³/mol. The van der Waals surface area contributed by atoms with Gasteiger partial charge in [0.15, 0.2) is 17.5 Å². The highest BCUT2D eigenvalue weighted by atomic mass is 32.1. The number of fused-ring (bicyclic) bond motifs is 3. The van der Waals surface area contributed by atoms with Crippen LogP contribution in [0.25, 0.3) is 44.9 Å². The van der Waals surface area contributed by atoms with Gasteiger partial charge in [0.05, 0.1) is 34.1 Å². The minimum atomic E-state index is -1.55. The van der Waals surface area contributed by atoms with Gasteiger partial charge in [0.25, 0.3) is 0 Å². The zero-order chi connectivity index (χ0) is 31.1. The second-order valence-corrected chi connectivity index (χ2v) is 9.91. The number of pyridine rings is 1. The van der Waals surface area contributed by atoms with Gasteiger partial charge in [-0.15, -0.1) is 0 Å². The molecule has 1 N–H and O–H groups in total. The monoisotopic (exact) mass is 596 g/mol. The highest BCUT2D eigenvalue weighted by Gasteiger charge is 2.30. The Kier molecular flexibility index (Phi) is 7.03. The van der Waals surface area contributed by atoms with Crippen molar-refractivity contribution >= 4 is 46.8 Å². The van der Waals surface area contributed by atoms with Gasteiger partial charge in [0.1, 0.15) is 29.0 Å². The molecule has 1 heterocycles. The van der Waals surface area contributed by atoms with Crippen LogP contribution in [-0.2, 0) is 0 Å². The Morgan fingerprint density at radius 3 is 2.02 bits per heavy atom. The molecule has 6 rings (SSSR count). The van der Waals surface area contributed by atoms with Gasteiger partial charge in [-0.25, -0.2) is 22.6 Å². The Labute approximate surface area is 254 Å². The van der Waals surface area contributed by atoms with E-state index < -0.39 is 34.1 Å². The van der Waals surface area contributed by atoms with Crippen molar-refractivity contribution in [3.05, 3.63) is 124 Å². The summed E-state index contributed by atoms with van der Waals surface area (Å²) in [4.78, 5) is 4.88. The van der Waals surface area contributed by atoms with E-state index in [1.807, 2.05) is 30.3 Å². The van der Waals surface area contributed by atoms with E-state index in [0.717, 1.165) is 5.39 Å². The molecule has 1 aromatic heterocycles. The van der Waals surface area contributed by atoms with Crippen LogP contribution < -0.4 is 0 Å². The molecule has 1 aliphatic rings. The lowest BCUT2D eigenvalue weighted by molar-refractivity contribution is 0.539. The molecule has 0 saturated carbocycles. The minimum Gasteiger partial charge on any atom is -0.298 e. The van der Waals surface area contributed by atoms with Crippen LogP contribution in [0.15, 0.2) is 77.2 Å². The molecule has 0 saturated heterocycles. The molecule has 1 aliphatic carbocycles. The number of nitrogens with zero attached hydrogens (tertiary/aromatic N) is 5. The summed E-state index contributed by atoms with van der Waals surface area (Å²) < 4.78 is 48.6. The molecule has 0 aliphatic heterocycles. The maximum absolute atomic E-state index is 15.1. The van der Waals surface area contributed by atoms with Gasteiger partial charge in [-0.3, -0.25) is 5.41 Å². The van der Waals surface area contributed by atoms with Gasteiger partial charge in [0.2, 0.25) is 0 Å². The van der Waals surface area contributed by atoms with Crippen molar-refractivity contribution in [3.8, 4) is 40.6 Å². The second kappa shape index (κ2) is 11.0. The molecule has 5 aromatic rings. The smallest absolute Gasteiger partial charge is 0.164 e. The molecule has 0 radical (unpaired) electrons. The SMILES string of the molecule is N#Cc1cccc(-c2nc3ccccc3c3c2C=C(c2ccc(-c4c(F)c(C#N)c(F)c(C#N)c4F)cc2)/C(=N/S)C3=N)c1. The van der Waals surface area contributed by atoms with Crippen LogP contribution in [0.4, 0.5) is 13.2 Å². The number of halogens is 3. The van der Waals surface area contributed by atoms with Crippen molar-refractivity contribution in [1.82, 2.24) is 4.98 Å². The van der Waals surface area contributed by atoms with Gasteiger partial charge in [-0.05, 0) is 48.2 Å². The van der Waals surface area contributed by atoms with Crippen molar-refractivity contribution < 1.29 is 13.2 Å². The second-order valence-electron chi connectivity index (χ2n) is 9.71. The first-order valence-electron chi connectivity index (χ1n) is 12.9. The van der Waals surface area contributed by atoms with Crippen molar-refractivity contribution in [1.29, 1.82) is 21.2 Å². The van der Waals surface area contributed by atoms with Crippen molar-refractivity contribution in [2.45, 2.75) is 0 Å². The predicted octanol–water partition coefficient (Wildman–Crippen LogP) is 7.81.